The zero-order valence-corrected chi connectivity index (χ0v) is 21.4. The van der Waals surface area contributed by atoms with Crippen molar-refractivity contribution in [3.05, 3.63) is 64.9 Å². The van der Waals surface area contributed by atoms with Crippen LogP contribution in [0.2, 0.25) is 0 Å². The summed E-state index contributed by atoms with van der Waals surface area (Å²) in [5.74, 6) is 0.197. The smallest absolute Gasteiger partial charge is 0.410 e. The molecule has 9 nitrogen and oxygen atoms in total. The van der Waals surface area contributed by atoms with E-state index in [9.17, 15) is 14.0 Å². The van der Waals surface area contributed by atoms with Gasteiger partial charge in [0.15, 0.2) is 10.7 Å². The van der Waals surface area contributed by atoms with E-state index in [1.807, 2.05) is 38.3 Å². The van der Waals surface area contributed by atoms with Crippen LogP contribution in [0.5, 0.6) is 0 Å². The SMILES string of the molecule is CC(C)(C)OC(=O)N1CC(c2csc(NC(=O)NCc3ccc4oc(-c5ccc(F)cc5)nc4c3)n2)C1. The van der Waals surface area contributed by atoms with Crippen LogP contribution in [-0.4, -0.2) is 45.7 Å². The van der Waals surface area contributed by atoms with Gasteiger partial charge in [0, 0.05) is 36.5 Å². The molecule has 1 saturated heterocycles. The predicted molar refractivity (Wildman–Crippen MR) is 138 cm³/mol. The summed E-state index contributed by atoms with van der Waals surface area (Å²) in [5, 5.41) is 7.95. The molecule has 4 aromatic rings. The number of rotatable bonds is 5. The second-order valence-corrected chi connectivity index (χ2v) is 10.7. The minimum absolute atomic E-state index is 0.122. The zero-order valence-electron chi connectivity index (χ0n) is 20.6. The summed E-state index contributed by atoms with van der Waals surface area (Å²) >= 11 is 1.34. The Morgan fingerprint density at radius 2 is 1.92 bits per heavy atom. The highest BCUT2D eigenvalue weighted by Crippen LogP contribution is 2.31. The van der Waals surface area contributed by atoms with Crippen molar-refractivity contribution < 1.29 is 23.1 Å². The van der Waals surface area contributed by atoms with E-state index in [0.29, 0.717) is 40.8 Å². The normalized spacial score (nSPS) is 13.9. The van der Waals surface area contributed by atoms with E-state index in [2.05, 4.69) is 20.6 Å². The Bertz CT molecular complexity index is 1440. The summed E-state index contributed by atoms with van der Waals surface area (Å²) in [5.41, 5.74) is 3.08. The molecule has 1 fully saturated rings. The number of ether oxygens (including phenoxy) is 1. The third-order valence-electron chi connectivity index (χ3n) is 5.69. The first kappa shape index (κ1) is 24.7. The number of thiazole rings is 1. The van der Waals surface area contributed by atoms with Gasteiger partial charge < -0.3 is 19.4 Å². The second kappa shape index (κ2) is 9.81. The second-order valence-electron chi connectivity index (χ2n) is 9.80. The fourth-order valence-electron chi connectivity index (χ4n) is 3.79. The molecular weight excluding hydrogens is 497 g/mol. The number of nitrogens with one attached hydrogen (secondary N) is 2. The lowest BCUT2D eigenvalue weighted by Crippen LogP contribution is -2.50. The minimum Gasteiger partial charge on any atom is -0.444 e. The maximum Gasteiger partial charge on any atom is 0.410 e. The van der Waals surface area contributed by atoms with Crippen LogP contribution in [0, 0.1) is 5.82 Å². The van der Waals surface area contributed by atoms with Gasteiger partial charge in [0.25, 0.3) is 0 Å². The number of urea groups is 1. The standard InChI is InChI=1S/C26H26FN5O4S/c1-26(2,3)36-25(34)32-12-17(13-32)20-14-37-24(30-20)31-23(33)28-11-15-4-9-21-19(10-15)29-22(35-21)16-5-7-18(27)8-6-16/h4-10,14,17H,11-13H2,1-3H3,(H2,28,30,31,33). The molecule has 2 aromatic heterocycles. The number of carbonyl (C=O) groups is 2. The molecule has 1 aliphatic heterocycles. The third-order valence-corrected chi connectivity index (χ3v) is 6.47. The summed E-state index contributed by atoms with van der Waals surface area (Å²) in [4.78, 5) is 35.1. The predicted octanol–water partition coefficient (Wildman–Crippen LogP) is 5.75. The van der Waals surface area contributed by atoms with E-state index in [-0.39, 0.29) is 30.4 Å². The Balaban J connectivity index is 1.12. The molecule has 0 radical (unpaired) electrons. The Morgan fingerprint density at radius 3 is 2.65 bits per heavy atom. The van der Waals surface area contributed by atoms with Crippen LogP contribution in [-0.2, 0) is 11.3 Å². The molecular formula is C26H26FN5O4S. The number of amides is 3. The molecule has 0 aliphatic carbocycles. The average molecular weight is 524 g/mol. The number of fused-ring (bicyclic) bond motifs is 1. The number of aromatic nitrogens is 2. The maximum atomic E-state index is 13.2. The molecule has 2 aromatic carbocycles. The summed E-state index contributed by atoms with van der Waals surface area (Å²) < 4.78 is 24.3. The van der Waals surface area contributed by atoms with Crippen LogP contribution < -0.4 is 10.6 Å². The van der Waals surface area contributed by atoms with Crippen LogP contribution in [0.15, 0.2) is 52.3 Å². The quantitative estimate of drug-likeness (QED) is 0.345. The van der Waals surface area contributed by atoms with E-state index >= 15 is 0 Å². The summed E-state index contributed by atoms with van der Waals surface area (Å²) in [6.07, 6.45) is -0.327. The van der Waals surface area contributed by atoms with Gasteiger partial charge in [0.1, 0.15) is 16.9 Å². The largest absolute Gasteiger partial charge is 0.444 e. The van der Waals surface area contributed by atoms with Gasteiger partial charge in [0.2, 0.25) is 5.89 Å². The summed E-state index contributed by atoms with van der Waals surface area (Å²) in [7, 11) is 0. The highest BCUT2D eigenvalue weighted by molar-refractivity contribution is 7.13. The number of carbonyl (C=O) groups excluding carboxylic acids is 2. The fourth-order valence-corrected chi connectivity index (χ4v) is 4.58. The van der Waals surface area contributed by atoms with Crippen molar-refractivity contribution in [3.63, 3.8) is 0 Å². The molecule has 1 aliphatic rings. The molecule has 3 heterocycles. The van der Waals surface area contributed by atoms with E-state index in [1.165, 1.54) is 23.5 Å². The first-order chi connectivity index (χ1) is 17.6. The van der Waals surface area contributed by atoms with Gasteiger partial charge in [-0.05, 0) is 62.7 Å². The minimum atomic E-state index is -0.527. The molecule has 5 rings (SSSR count). The number of hydrogen-bond acceptors (Lipinski definition) is 7. The Kier molecular flexibility index (Phi) is 6.55. The molecule has 0 spiro atoms. The number of likely N-dealkylation sites (tertiary alicyclic amines) is 1. The van der Waals surface area contributed by atoms with Crippen molar-refractivity contribution in [2.75, 3.05) is 18.4 Å². The fraction of sp³-hybridized carbons (Fsp3) is 0.308. The monoisotopic (exact) mass is 523 g/mol. The van der Waals surface area contributed by atoms with Crippen molar-refractivity contribution in [2.24, 2.45) is 0 Å². The number of anilines is 1. The van der Waals surface area contributed by atoms with Crippen molar-refractivity contribution in [1.29, 1.82) is 0 Å². The molecule has 0 bridgehead atoms. The topological polar surface area (TPSA) is 110 Å². The molecule has 11 heteroatoms. The van der Waals surface area contributed by atoms with E-state index in [0.717, 1.165) is 11.3 Å². The first-order valence-corrected chi connectivity index (χ1v) is 12.6. The molecule has 0 unspecified atom stereocenters. The van der Waals surface area contributed by atoms with Gasteiger partial charge in [0.05, 0.1) is 5.69 Å². The number of oxazole rings is 1. The van der Waals surface area contributed by atoms with Gasteiger partial charge in [-0.15, -0.1) is 11.3 Å². The van der Waals surface area contributed by atoms with Gasteiger partial charge in [-0.3, -0.25) is 5.32 Å². The van der Waals surface area contributed by atoms with E-state index in [1.54, 1.807) is 23.1 Å². The maximum absolute atomic E-state index is 13.2. The van der Waals surface area contributed by atoms with Crippen LogP contribution in [0.1, 0.15) is 37.9 Å². The lowest BCUT2D eigenvalue weighted by Gasteiger charge is -2.38. The molecule has 3 amide bonds. The number of hydrogen-bond donors (Lipinski definition) is 2. The van der Waals surface area contributed by atoms with Crippen molar-refractivity contribution in [3.8, 4) is 11.5 Å². The average Bonchev–Trinajstić information content (AvgIpc) is 3.42. The van der Waals surface area contributed by atoms with Crippen molar-refractivity contribution >= 4 is 39.7 Å². The van der Waals surface area contributed by atoms with Crippen LogP contribution in [0.25, 0.3) is 22.6 Å². The van der Waals surface area contributed by atoms with Crippen molar-refractivity contribution in [2.45, 2.75) is 38.8 Å². The van der Waals surface area contributed by atoms with Crippen LogP contribution in [0.4, 0.5) is 19.1 Å². The lowest BCUT2D eigenvalue weighted by atomic mass is 9.98. The lowest BCUT2D eigenvalue weighted by molar-refractivity contribution is 0.00793. The third kappa shape index (κ3) is 5.88. The highest BCUT2D eigenvalue weighted by Gasteiger charge is 2.35. The zero-order chi connectivity index (χ0) is 26.2. The molecule has 37 heavy (non-hydrogen) atoms. The highest BCUT2D eigenvalue weighted by atomic mass is 32.1. The van der Waals surface area contributed by atoms with Crippen LogP contribution >= 0.6 is 11.3 Å². The molecule has 192 valence electrons. The number of benzene rings is 2. The molecule has 0 saturated carbocycles. The van der Waals surface area contributed by atoms with Gasteiger partial charge in [-0.25, -0.2) is 23.9 Å². The Labute approximate surface area is 216 Å². The number of nitrogens with zero attached hydrogens (tertiary/aromatic N) is 3. The Morgan fingerprint density at radius 1 is 1.16 bits per heavy atom. The van der Waals surface area contributed by atoms with Crippen molar-refractivity contribution in [1.82, 2.24) is 20.2 Å². The Hall–Kier alpha value is -3.99. The molecule has 2 N–H and O–H groups in total. The summed E-state index contributed by atoms with van der Waals surface area (Å²) in [6, 6.07) is 11.0. The van der Waals surface area contributed by atoms with Gasteiger partial charge >= 0.3 is 12.1 Å². The first-order valence-electron chi connectivity index (χ1n) is 11.8. The van der Waals surface area contributed by atoms with Crippen LogP contribution in [0.3, 0.4) is 0 Å². The van der Waals surface area contributed by atoms with Gasteiger partial charge in [-0.1, -0.05) is 6.07 Å². The number of halogens is 1. The van der Waals surface area contributed by atoms with Gasteiger partial charge in [-0.2, -0.15) is 0 Å². The van der Waals surface area contributed by atoms with E-state index < -0.39 is 5.60 Å². The van der Waals surface area contributed by atoms with E-state index in [4.69, 9.17) is 9.15 Å². The summed E-state index contributed by atoms with van der Waals surface area (Å²) in [6.45, 7) is 6.88. The molecule has 0 atom stereocenters.